The van der Waals surface area contributed by atoms with E-state index < -0.39 is 0 Å². The average Bonchev–Trinajstić information content (AvgIpc) is 2.96. The molecule has 6 nitrogen and oxygen atoms in total. The van der Waals surface area contributed by atoms with E-state index >= 15 is 0 Å². The first-order chi connectivity index (χ1) is 11.6. The standard InChI is InChI=1S/C18H16N2O4/c1-24-13-5-6-15(21)12(7-13)9-19-10-16(22)14-4-2-3-11-8-17(23)20-18(11)14/h2-7,9,21H,8,10H2,1H3,(H,20,23). The molecule has 2 N–H and O–H groups in total. The summed E-state index contributed by atoms with van der Waals surface area (Å²) in [6, 6.07) is 10.0. The molecule has 1 aliphatic rings. The van der Waals surface area contributed by atoms with Gasteiger partial charge in [-0.1, -0.05) is 12.1 Å². The van der Waals surface area contributed by atoms with E-state index in [0.717, 1.165) is 5.56 Å². The van der Waals surface area contributed by atoms with Crippen LogP contribution in [0.5, 0.6) is 11.5 Å². The highest BCUT2D eigenvalue weighted by molar-refractivity contribution is 6.10. The van der Waals surface area contributed by atoms with Crippen LogP contribution in [0.15, 0.2) is 41.4 Å². The number of Topliss-reactive ketones (excluding diaryl/α,β-unsaturated/α-hetero) is 1. The number of rotatable bonds is 5. The average molecular weight is 324 g/mol. The number of hydrogen-bond donors (Lipinski definition) is 2. The van der Waals surface area contributed by atoms with E-state index in [2.05, 4.69) is 10.3 Å². The lowest BCUT2D eigenvalue weighted by molar-refractivity contribution is -0.115. The number of anilines is 1. The van der Waals surface area contributed by atoms with Gasteiger partial charge in [0.1, 0.15) is 18.0 Å². The van der Waals surface area contributed by atoms with E-state index in [-0.39, 0.29) is 30.4 Å². The molecule has 6 heteroatoms. The zero-order chi connectivity index (χ0) is 17.1. The zero-order valence-corrected chi connectivity index (χ0v) is 13.1. The molecule has 0 atom stereocenters. The molecule has 0 saturated carbocycles. The van der Waals surface area contributed by atoms with Gasteiger partial charge in [-0.2, -0.15) is 0 Å². The molecule has 2 aromatic carbocycles. The Kier molecular flexibility index (Phi) is 4.29. The number of carbonyl (C=O) groups is 2. The van der Waals surface area contributed by atoms with Gasteiger partial charge in [-0.25, -0.2) is 0 Å². The molecule has 1 aliphatic heterocycles. The van der Waals surface area contributed by atoms with Gasteiger partial charge in [-0.3, -0.25) is 14.6 Å². The quantitative estimate of drug-likeness (QED) is 0.652. The summed E-state index contributed by atoms with van der Waals surface area (Å²) in [6.45, 7) is -0.0804. The van der Waals surface area contributed by atoms with Crippen molar-refractivity contribution in [3.63, 3.8) is 0 Å². The Bertz CT molecular complexity index is 843. The van der Waals surface area contributed by atoms with Crippen molar-refractivity contribution in [2.24, 2.45) is 4.99 Å². The van der Waals surface area contributed by atoms with Gasteiger partial charge in [0.05, 0.1) is 19.2 Å². The number of methoxy groups -OCH3 is 1. The molecular formula is C18H16N2O4. The highest BCUT2D eigenvalue weighted by Crippen LogP contribution is 2.27. The van der Waals surface area contributed by atoms with E-state index in [1.54, 1.807) is 24.3 Å². The SMILES string of the molecule is COc1ccc(O)c(C=NCC(=O)c2cccc3c2NC(=O)C3)c1. The van der Waals surface area contributed by atoms with Crippen molar-refractivity contribution in [1.82, 2.24) is 0 Å². The second kappa shape index (κ2) is 6.54. The minimum Gasteiger partial charge on any atom is -0.507 e. The highest BCUT2D eigenvalue weighted by atomic mass is 16.5. The Morgan fingerprint density at radius 3 is 3.00 bits per heavy atom. The predicted molar refractivity (Wildman–Crippen MR) is 90.2 cm³/mol. The Balaban J connectivity index is 1.75. The van der Waals surface area contributed by atoms with Gasteiger partial charge in [-0.05, 0) is 29.8 Å². The minimum atomic E-state index is -0.201. The van der Waals surface area contributed by atoms with E-state index in [4.69, 9.17) is 4.74 Å². The third kappa shape index (κ3) is 3.12. The molecule has 0 saturated heterocycles. The van der Waals surface area contributed by atoms with Crippen LogP contribution in [-0.4, -0.2) is 36.7 Å². The van der Waals surface area contributed by atoms with Crippen LogP contribution >= 0.6 is 0 Å². The molecular weight excluding hydrogens is 308 g/mol. The number of nitrogens with one attached hydrogen (secondary N) is 1. The lowest BCUT2D eigenvalue weighted by Crippen LogP contribution is -2.09. The summed E-state index contributed by atoms with van der Waals surface area (Å²) in [5, 5.41) is 12.5. The topological polar surface area (TPSA) is 88.0 Å². The molecule has 2 aromatic rings. The summed E-state index contributed by atoms with van der Waals surface area (Å²) in [6.07, 6.45) is 1.72. The predicted octanol–water partition coefficient (Wildman–Crippen LogP) is 2.20. The normalized spacial score (nSPS) is 13.0. The second-order valence-corrected chi connectivity index (χ2v) is 5.38. The summed E-state index contributed by atoms with van der Waals surface area (Å²) >= 11 is 0. The van der Waals surface area contributed by atoms with Gasteiger partial charge in [-0.15, -0.1) is 0 Å². The number of ether oxygens (including phenoxy) is 1. The Labute approximate surface area is 138 Å². The van der Waals surface area contributed by atoms with Crippen LogP contribution in [0.3, 0.4) is 0 Å². The van der Waals surface area contributed by atoms with Crippen LogP contribution in [0, 0.1) is 0 Å². The molecule has 0 bridgehead atoms. The fourth-order valence-electron chi connectivity index (χ4n) is 2.56. The number of amides is 1. The summed E-state index contributed by atoms with van der Waals surface area (Å²) in [5.74, 6) is 0.326. The second-order valence-electron chi connectivity index (χ2n) is 5.38. The number of phenolic OH excluding ortho intramolecular Hbond substituents is 1. The fourth-order valence-corrected chi connectivity index (χ4v) is 2.56. The van der Waals surface area contributed by atoms with Crippen molar-refractivity contribution in [3.05, 3.63) is 53.1 Å². The zero-order valence-electron chi connectivity index (χ0n) is 13.1. The monoisotopic (exact) mass is 324 g/mol. The molecule has 1 amide bonds. The number of nitrogens with zero attached hydrogens (tertiary/aromatic N) is 1. The maximum atomic E-state index is 12.4. The lowest BCUT2D eigenvalue weighted by Gasteiger charge is -2.06. The summed E-state index contributed by atoms with van der Waals surface area (Å²) in [5.41, 5.74) is 2.31. The maximum absolute atomic E-state index is 12.4. The molecule has 24 heavy (non-hydrogen) atoms. The Morgan fingerprint density at radius 2 is 2.21 bits per heavy atom. The van der Waals surface area contributed by atoms with Crippen LogP contribution in [-0.2, 0) is 11.2 Å². The smallest absolute Gasteiger partial charge is 0.228 e. The van der Waals surface area contributed by atoms with E-state index in [9.17, 15) is 14.7 Å². The van der Waals surface area contributed by atoms with Crippen molar-refractivity contribution in [2.75, 3.05) is 19.0 Å². The van der Waals surface area contributed by atoms with E-state index in [0.29, 0.717) is 22.6 Å². The number of hydrogen-bond acceptors (Lipinski definition) is 5. The molecule has 0 aromatic heterocycles. The number of benzene rings is 2. The van der Waals surface area contributed by atoms with Crippen molar-refractivity contribution in [2.45, 2.75) is 6.42 Å². The first-order valence-electron chi connectivity index (χ1n) is 7.40. The molecule has 0 fully saturated rings. The number of aromatic hydroxyl groups is 1. The Hall–Kier alpha value is -3.15. The lowest BCUT2D eigenvalue weighted by atomic mass is 10.0. The molecule has 1 heterocycles. The van der Waals surface area contributed by atoms with Gasteiger partial charge in [0.15, 0.2) is 5.78 Å². The van der Waals surface area contributed by atoms with Gasteiger partial charge in [0.25, 0.3) is 0 Å². The highest BCUT2D eigenvalue weighted by Gasteiger charge is 2.22. The maximum Gasteiger partial charge on any atom is 0.228 e. The first kappa shape index (κ1) is 15.7. The number of phenols is 1. The molecule has 0 unspecified atom stereocenters. The van der Waals surface area contributed by atoms with Gasteiger partial charge in [0, 0.05) is 17.3 Å². The molecule has 0 radical (unpaired) electrons. The number of ketones is 1. The van der Waals surface area contributed by atoms with Crippen LogP contribution in [0.1, 0.15) is 21.5 Å². The van der Waals surface area contributed by atoms with Crippen LogP contribution in [0.4, 0.5) is 5.69 Å². The summed E-state index contributed by atoms with van der Waals surface area (Å²) in [7, 11) is 1.53. The number of aliphatic imine (C=N–C) groups is 1. The van der Waals surface area contributed by atoms with E-state index in [1.165, 1.54) is 19.4 Å². The third-order valence-electron chi connectivity index (χ3n) is 3.77. The van der Waals surface area contributed by atoms with Crippen LogP contribution in [0.2, 0.25) is 0 Å². The van der Waals surface area contributed by atoms with Crippen LogP contribution in [0.25, 0.3) is 0 Å². The minimum absolute atomic E-state index is 0.0554. The van der Waals surface area contributed by atoms with Crippen molar-refractivity contribution in [1.29, 1.82) is 0 Å². The molecule has 3 rings (SSSR count). The van der Waals surface area contributed by atoms with Crippen molar-refractivity contribution in [3.8, 4) is 11.5 Å². The van der Waals surface area contributed by atoms with Crippen molar-refractivity contribution < 1.29 is 19.4 Å². The van der Waals surface area contributed by atoms with Gasteiger partial charge in [0.2, 0.25) is 5.91 Å². The summed E-state index contributed by atoms with van der Waals surface area (Å²) in [4.78, 5) is 27.9. The van der Waals surface area contributed by atoms with Gasteiger partial charge < -0.3 is 15.2 Å². The fraction of sp³-hybridized carbons (Fsp3) is 0.167. The third-order valence-corrected chi connectivity index (χ3v) is 3.77. The van der Waals surface area contributed by atoms with Gasteiger partial charge >= 0.3 is 0 Å². The number of carbonyl (C=O) groups excluding carboxylic acids is 2. The molecule has 0 spiro atoms. The molecule has 0 aliphatic carbocycles. The van der Waals surface area contributed by atoms with Crippen molar-refractivity contribution >= 4 is 23.6 Å². The van der Waals surface area contributed by atoms with Crippen LogP contribution < -0.4 is 10.1 Å². The first-order valence-corrected chi connectivity index (χ1v) is 7.40. The number of fused-ring (bicyclic) bond motifs is 1. The molecule has 122 valence electrons. The number of para-hydroxylation sites is 1. The largest absolute Gasteiger partial charge is 0.507 e. The van der Waals surface area contributed by atoms with E-state index in [1.807, 2.05) is 6.07 Å². The Morgan fingerprint density at radius 1 is 1.38 bits per heavy atom. The summed E-state index contributed by atoms with van der Waals surface area (Å²) < 4.78 is 5.09.